The van der Waals surface area contributed by atoms with Crippen LogP contribution in [0.5, 0.6) is 0 Å². The zero-order valence-electron chi connectivity index (χ0n) is 11.6. The molecule has 1 aliphatic rings. The number of carbonyl (C=O) groups excluding carboxylic acids is 1. The summed E-state index contributed by atoms with van der Waals surface area (Å²) in [6.45, 7) is 2.74. The fraction of sp³-hybridized carbons (Fsp3) is 0.267. The van der Waals surface area contributed by atoms with Crippen molar-refractivity contribution in [1.82, 2.24) is 14.9 Å². The Bertz CT molecular complexity index is 623. The first-order valence-corrected chi connectivity index (χ1v) is 6.92. The molecule has 6 heteroatoms. The van der Waals surface area contributed by atoms with Crippen molar-refractivity contribution in [1.29, 1.82) is 0 Å². The first-order valence-electron chi connectivity index (χ1n) is 6.92. The van der Waals surface area contributed by atoms with Crippen LogP contribution in [0.4, 0.5) is 11.8 Å². The molecule has 2 aromatic rings. The number of hydrogen-bond acceptors (Lipinski definition) is 5. The second-order valence-electron chi connectivity index (χ2n) is 4.93. The van der Waals surface area contributed by atoms with Crippen molar-refractivity contribution >= 4 is 17.7 Å². The third-order valence-corrected chi connectivity index (χ3v) is 3.53. The van der Waals surface area contributed by atoms with E-state index < -0.39 is 0 Å². The molecule has 0 unspecified atom stereocenters. The number of piperazine rings is 1. The number of nitrogens with two attached hydrogens (primary N) is 1. The zero-order valence-corrected chi connectivity index (χ0v) is 11.6. The summed E-state index contributed by atoms with van der Waals surface area (Å²) in [5.41, 5.74) is 6.40. The second kappa shape index (κ2) is 5.78. The molecule has 21 heavy (non-hydrogen) atoms. The summed E-state index contributed by atoms with van der Waals surface area (Å²) in [6, 6.07) is 11.0. The smallest absolute Gasteiger partial charge is 0.253 e. The van der Waals surface area contributed by atoms with Crippen LogP contribution < -0.4 is 10.6 Å². The fourth-order valence-electron chi connectivity index (χ4n) is 2.39. The molecule has 0 atom stereocenters. The maximum absolute atomic E-state index is 12.4. The number of nitrogen functional groups attached to an aromatic ring is 1. The van der Waals surface area contributed by atoms with E-state index in [4.69, 9.17) is 5.73 Å². The number of carbonyl (C=O) groups is 1. The molecule has 0 saturated carbocycles. The Morgan fingerprint density at radius 2 is 1.76 bits per heavy atom. The SMILES string of the molecule is Nc1ccnc(N2CCN(C(=O)c3ccccc3)CC2)n1. The molecule has 0 bridgehead atoms. The average molecular weight is 283 g/mol. The molecule has 2 heterocycles. The third-order valence-electron chi connectivity index (χ3n) is 3.53. The molecule has 2 N–H and O–H groups in total. The van der Waals surface area contributed by atoms with Crippen molar-refractivity contribution in [3.8, 4) is 0 Å². The van der Waals surface area contributed by atoms with Crippen molar-refractivity contribution in [3.05, 3.63) is 48.2 Å². The van der Waals surface area contributed by atoms with Gasteiger partial charge < -0.3 is 15.5 Å². The van der Waals surface area contributed by atoms with E-state index in [1.807, 2.05) is 40.1 Å². The molecule has 1 amide bonds. The number of anilines is 2. The quantitative estimate of drug-likeness (QED) is 0.890. The number of rotatable bonds is 2. The molecule has 1 aromatic carbocycles. The van der Waals surface area contributed by atoms with Crippen LogP contribution in [0.3, 0.4) is 0 Å². The van der Waals surface area contributed by atoms with Gasteiger partial charge in [0.1, 0.15) is 5.82 Å². The molecule has 1 fully saturated rings. The Morgan fingerprint density at radius 3 is 2.43 bits per heavy atom. The molecule has 6 nitrogen and oxygen atoms in total. The fourth-order valence-corrected chi connectivity index (χ4v) is 2.39. The van der Waals surface area contributed by atoms with Gasteiger partial charge in [0.2, 0.25) is 5.95 Å². The Morgan fingerprint density at radius 1 is 1.05 bits per heavy atom. The van der Waals surface area contributed by atoms with Crippen LogP contribution in [-0.4, -0.2) is 47.0 Å². The van der Waals surface area contributed by atoms with Gasteiger partial charge in [-0.05, 0) is 18.2 Å². The molecule has 0 radical (unpaired) electrons. The summed E-state index contributed by atoms with van der Waals surface area (Å²) in [4.78, 5) is 24.7. The number of amides is 1. The van der Waals surface area contributed by atoms with Crippen LogP contribution in [0.1, 0.15) is 10.4 Å². The predicted octanol–water partition coefficient (Wildman–Crippen LogP) is 1.02. The Hall–Kier alpha value is -2.63. The van der Waals surface area contributed by atoms with E-state index >= 15 is 0 Å². The highest BCUT2D eigenvalue weighted by Crippen LogP contribution is 2.13. The molecule has 0 spiro atoms. The molecular weight excluding hydrogens is 266 g/mol. The van der Waals surface area contributed by atoms with Crippen LogP contribution >= 0.6 is 0 Å². The van der Waals surface area contributed by atoms with E-state index in [9.17, 15) is 4.79 Å². The van der Waals surface area contributed by atoms with Gasteiger partial charge >= 0.3 is 0 Å². The lowest BCUT2D eigenvalue weighted by atomic mass is 10.2. The van der Waals surface area contributed by atoms with Crippen molar-refractivity contribution < 1.29 is 4.79 Å². The second-order valence-corrected chi connectivity index (χ2v) is 4.93. The summed E-state index contributed by atoms with van der Waals surface area (Å²) < 4.78 is 0. The minimum Gasteiger partial charge on any atom is -0.384 e. The monoisotopic (exact) mass is 283 g/mol. The van der Waals surface area contributed by atoms with Crippen molar-refractivity contribution in [2.75, 3.05) is 36.8 Å². The predicted molar refractivity (Wildman–Crippen MR) is 81.0 cm³/mol. The lowest BCUT2D eigenvalue weighted by Crippen LogP contribution is -2.49. The van der Waals surface area contributed by atoms with Gasteiger partial charge in [-0.1, -0.05) is 18.2 Å². The van der Waals surface area contributed by atoms with Crippen molar-refractivity contribution in [2.45, 2.75) is 0 Å². The van der Waals surface area contributed by atoms with E-state index in [1.54, 1.807) is 12.3 Å². The van der Waals surface area contributed by atoms with Gasteiger partial charge in [-0.2, -0.15) is 4.98 Å². The number of aromatic nitrogens is 2. The normalized spacial score (nSPS) is 15.0. The van der Waals surface area contributed by atoms with Gasteiger partial charge in [0.15, 0.2) is 0 Å². The minimum absolute atomic E-state index is 0.0729. The van der Waals surface area contributed by atoms with Crippen LogP contribution in [0.25, 0.3) is 0 Å². The summed E-state index contributed by atoms with van der Waals surface area (Å²) in [5.74, 6) is 1.16. The topological polar surface area (TPSA) is 75.3 Å². The number of hydrogen-bond donors (Lipinski definition) is 1. The molecule has 3 rings (SSSR count). The first kappa shape index (κ1) is 13.4. The maximum atomic E-state index is 12.4. The zero-order chi connectivity index (χ0) is 14.7. The molecular formula is C15H17N5O. The standard InChI is InChI=1S/C15H17N5O/c16-13-6-7-17-15(18-13)20-10-8-19(9-11-20)14(21)12-4-2-1-3-5-12/h1-7H,8-11H2,(H2,16,17,18). The minimum atomic E-state index is 0.0729. The van der Waals surface area contributed by atoms with Gasteiger partial charge in [0, 0.05) is 37.9 Å². The third kappa shape index (κ3) is 2.94. The lowest BCUT2D eigenvalue weighted by Gasteiger charge is -2.34. The van der Waals surface area contributed by atoms with Gasteiger partial charge in [-0.15, -0.1) is 0 Å². The molecule has 108 valence electrons. The van der Waals surface area contributed by atoms with Gasteiger partial charge in [0.05, 0.1) is 0 Å². The average Bonchev–Trinajstić information content (AvgIpc) is 2.55. The first-order chi connectivity index (χ1) is 10.2. The summed E-state index contributed by atoms with van der Waals surface area (Å²) in [7, 11) is 0. The molecule has 1 saturated heterocycles. The van der Waals surface area contributed by atoms with Crippen LogP contribution in [0.2, 0.25) is 0 Å². The van der Waals surface area contributed by atoms with E-state index in [1.165, 1.54) is 0 Å². The Kier molecular flexibility index (Phi) is 3.68. The largest absolute Gasteiger partial charge is 0.384 e. The highest BCUT2D eigenvalue weighted by molar-refractivity contribution is 5.94. The summed E-state index contributed by atoms with van der Waals surface area (Å²) >= 11 is 0. The van der Waals surface area contributed by atoms with Crippen molar-refractivity contribution in [3.63, 3.8) is 0 Å². The van der Waals surface area contributed by atoms with E-state index in [0.717, 1.165) is 5.56 Å². The molecule has 1 aromatic heterocycles. The van der Waals surface area contributed by atoms with Crippen molar-refractivity contribution in [2.24, 2.45) is 0 Å². The summed E-state index contributed by atoms with van der Waals surface area (Å²) in [5, 5.41) is 0. The molecule has 0 aliphatic carbocycles. The Balaban J connectivity index is 1.64. The van der Waals surface area contributed by atoms with Gasteiger partial charge in [0.25, 0.3) is 5.91 Å². The highest BCUT2D eigenvalue weighted by Gasteiger charge is 2.23. The van der Waals surface area contributed by atoms with Gasteiger partial charge in [-0.3, -0.25) is 4.79 Å². The van der Waals surface area contributed by atoms with E-state index in [-0.39, 0.29) is 5.91 Å². The van der Waals surface area contributed by atoms with E-state index in [2.05, 4.69) is 9.97 Å². The maximum Gasteiger partial charge on any atom is 0.253 e. The Labute approximate surface area is 123 Å². The van der Waals surface area contributed by atoms with Crippen LogP contribution in [0.15, 0.2) is 42.6 Å². The van der Waals surface area contributed by atoms with E-state index in [0.29, 0.717) is 37.9 Å². The number of benzene rings is 1. The highest BCUT2D eigenvalue weighted by atomic mass is 16.2. The summed E-state index contributed by atoms with van der Waals surface area (Å²) in [6.07, 6.45) is 1.65. The van der Waals surface area contributed by atoms with Gasteiger partial charge in [-0.25, -0.2) is 4.98 Å². The molecule has 1 aliphatic heterocycles. The van der Waals surface area contributed by atoms with Crippen LogP contribution in [0, 0.1) is 0 Å². The lowest BCUT2D eigenvalue weighted by molar-refractivity contribution is 0.0746. The number of nitrogens with zero attached hydrogens (tertiary/aromatic N) is 4. The van der Waals surface area contributed by atoms with Crippen LogP contribution in [-0.2, 0) is 0 Å².